The molecule has 150 valence electrons. The molecule has 0 bridgehead atoms. The summed E-state index contributed by atoms with van der Waals surface area (Å²) in [6.45, 7) is 3.81. The number of halogens is 3. The Labute approximate surface area is 159 Å². The van der Waals surface area contributed by atoms with E-state index >= 15 is 0 Å². The summed E-state index contributed by atoms with van der Waals surface area (Å²) in [4.78, 5) is 24.8. The molecule has 1 aromatic heterocycles. The summed E-state index contributed by atoms with van der Waals surface area (Å²) < 4.78 is 46.5. The number of para-hydroxylation sites is 1. The Kier molecular flexibility index (Phi) is 5.55. The molecule has 1 aliphatic heterocycles. The van der Waals surface area contributed by atoms with Gasteiger partial charge in [0.05, 0.1) is 23.4 Å². The van der Waals surface area contributed by atoms with Crippen molar-refractivity contribution in [1.29, 1.82) is 0 Å². The highest BCUT2D eigenvalue weighted by atomic mass is 19.4. The van der Waals surface area contributed by atoms with Gasteiger partial charge in [-0.25, -0.2) is 4.68 Å². The number of alkyl halides is 3. The van der Waals surface area contributed by atoms with E-state index in [-0.39, 0.29) is 23.5 Å². The molecule has 2 aromatic rings. The lowest BCUT2D eigenvalue weighted by atomic mass is 10.1. The third-order valence-corrected chi connectivity index (χ3v) is 4.64. The number of rotatable bonds is 4. The monoisotopic (exact) mass is 395 g/mol. The summed E-state index contributed by atoms with van der Waals surface area (Å²) in [6, 6.07) is 5.61. The van der Waals surface area contributed by atoms with Crippen LogP contribution in [-0.2, 0) is 10.9 Å². The van der Waals surface area contributed by atoms with Crippen LogP contribution < -0.4 is 10.7 Å². The van der Waals surface area contributed by atoms with Gasteiger partial charge in [0, 0.05) is 18.4 Å². The van der Waals surface area contributed by atoms with E-state index < -0.39 is 28.8 Å². The van der Waals surface area contributed by atoms with Crippen LogP contribution in [0.2, 0.25) is 0 Å². The van der Waals surface area contributed by atoms with Crippen molar-refractivity contribution in [2.45, 2.75) is 45.0 Å². The first-order chi connectivity index (χ1) is 13.2. The number of nitrogens with one attached hydrogen (secondary N) is 1. The molecule has 1 saturated heterocycles. The number of ether oxygens (including phenoxy) is 1. The van der Waals surface area contributed by atoms with E-state index in [0.717, 1.165) is 29.7 Å². The highest BCUT2D eigenvalue weighted by Crippen LogP contribution is 2.33. The molecular weight excluding hydrogens is 375 g/mol. The molecule has 0 radical (unpaired) electrons. The van der Waals surface area contributed by atoms with Gasteiger partial charge in [-0.3, -0.25) is 9.59 Å². The zero-order chi connectivity index (χ0) is 20.5. The molecular formula is C19H20F3N3O3. The van der Waals surface area contributed by atoms with E-state index in [4.69, 9.17) is 4.74 Å². The Morgan fingerprint density at radius 2 is 2.07 bits per heavy atom. The van der Waals surface area contributed by atoms with Crippen molar-refractivity contribution < 1.29 is 22.7 Å². The number of aromatic nitrogens is 2. The molecule has 6 nitrogen and oxygen atoms in total. The standard InChI is InChI=1S/C19H20F3N3O3/c1-11-10-15(26)17(18(27)23-12(2)16-8-5-9-28-16)24-25(11)14-7-4-3-6-13(14)19(20,21)22/h3-4,6-7,10,12,16H,5,8-9H2,1-2H3,(H,23,27). The molecule has 0 spiro atoms. The van der Waals surface area contributed by atoms with Crippen molar-refractivity contribution in [1.82, 2.24) is 15.1 Å². The average molecular weight is 395 g/mol. The summed E-state index contributed by atoms with van der Waals surface area (Å²) in [7, 11) is 0. The summed E-state index contributed by atoms with van der Waals surface area (Å²) >= 11 is 0. The van der Waals surface area contributed by atoms with Crippen LogP contribution in [0.4, 0.5) is 13.2 Å². The van der Waals surface area contributed by atoms with Crippen molar-refractivity contribution >= 4 is 5.91 Å². The number of carbonyl (C=O) groups excluding carboxylic acids is 1. The van der Waals surface area contributed by atoms with E-state index in [2.05, 4.69) is 10.4 Å². The molecule has 1 amide bonds. The van der Waals surface area contributed by atoms with E-state index in [1.807, 2.05) is 0 Å². The number of nitrogens with zero attached hydrogens (tertiary/aromatic N) is 2. The molecule has 2 heterocycles. The van der Waals surface area contributed by atoms with Gasteiger partial charge in [0.25, 0.3) is 5.91 Å². The first-order valence-electron chi connectivity index (χ1n) is 8.88. The molecule has 2 atom stereocenters. The third kappa shape index (κ3) is 4.09. The molecule has 0 saturated carbocycles. The van der Waals surface area contributed by atoms with Gasteiger partial charge in [0.15, 0.2) is 5.69 Å². The van der Waals surface area contributed by atoms with E-state index in [0.29, 0.717) is 6.61 Å². The second-order valence-corrected chi connectivity index (χ2v) is 6.74. The summed E-state index contributed by atoms with van der Waals surface area (Å²) in [6.07, 6.45) is -3.10. The maximum atomic E-state index is 13.4. The zero-order valence-electron chi connectivity index (χ0n) is 15.4. The molecule has 1 fully saturated rings. The van der Waals surface area contributed by atoms with Crippen LogP contribution in [-0.4, -0.2) is 34.4 Å². The predicted octanol–water partition coefficient (Wildman–Crippen LogP) is 2.86. The predicted molar refractivity (Wildman–Crippen MR) is 95.5 cm³/mol. The Morgan fingerprint density at radius 3 is 2.71 bits per heavy atom. The van der Waals surface area contributed by atoms with Crippen LogP contribution in [0.1, 0.15) is 41.5 Å². The second-order valence-electron chi connectivity index (χ2n) is 6.74. The van der Waals surface area contributed by atoms with Crippen LogP contribution in [0.5, 0.6) is 0 Å². The number of benzene rings is 1. The van der Waals surface area contributed by atoms with Gasteiger partial charge in [0.1, 0.15) is 0 Å². The lowest BCUT2D eigenvalue weighted by Gasteiger charge is -2.20. The molecule has 3 rings (SSSR count). The van der Waals surface area contributed by atoms with Crippen LogP contribution in [0.15, 0.2) is 35.1 Å². The number of amides is 1. The van der Waals surface area contributed by atoms with Crippen molar-refractivity contribution in [3.63, 3.8) is 0 Å². The Morgan fingerprint density at radius 1 is 1.36 bits per heavy atom. The minimum atomic E-state index is -4.61. The molecule has 0 aliphatic carbocycles. The average Bonchev–Trinajstić information content (AvgIpc) is 3.16. The van der Waals surface area contributed by atoms with Crippen LogP contribution >= 0.6 is 0 Å². The number of hydrogen-bond acceptors (Lipinski definition) is 4. The van der Waals surface area contributed by atoms with Gasteiger partial charge in [-0.15, -0.1) is 0 Å². The van der Waals surface area contributed by atoms with Gasteiger partial charge in [-0.1, -0.05) is 12.1 Å². The molecule has 1 N–H and O–H groups in total. The highest BCUT2D eigenvalue weighted by Gasteiger charge is 2.34. The summed E-state index contributed by atoms with van der Waals surface area (Å²) in [5, 5.41) is 6.61. The summed E-state index contributed by atoms with van der Waals surface area (Å²) in [5.74, 6) is -0.744. The van der Waals surface area contributed by atoms with Crippen LogP contribution in [0, 0.1) is 6.92 Å². The lowest BCUT2D eigenvalue weighted by Crippen LogP contribution is -2.43. The third-order valence-electron chi connectivity index (χ3n) is 4.64. The SMILES string of the molecule is Cc1cc(=O)c(C(=O)NC(C)C2CCCO2)nn1-c1ccccc1C(F)(F)F. The van der Waals surface area contributed by atoms with Crippen molar-refractivity contribution in [2.75, 3.05) is 6.61 Å². The first-order valence-corrected chi connectivity index (χ1v) is 8.88. The maximum absolute atomic E-state index is 13.4. The van der Waals surface area contributed by atoms with Gasteiger partial charge in [0.2, 0.25) is 5.43 Å². The Bertz CT molecular complexity index is 934. The van der Waals surface area contributed by atoms with Gasteiger partial charge >= 0.3 is 6.18 Å². The van der Waals surface area contributed by atoms with Gasteiger partial charge in [-0.05, 0) is 38.8 Å². The quantitative estimate of drug-likeness (QED) is 0.864. The fraction of sp³-hybridized carbons (Fsp3) is 0.421. The zero-order valence-corrected chi connectivity index (χ0v) is 15.4. The fourth-order valence-corrected chi connectivity index (χ4v) is 3.21. The number of hydrogen-bond donors (Lipinski definition) is 1. The lowest BCUT2D eigenvalue weighted by molar-refractivity contribution is -0.137. The Hall–Kier alpha value is -2.68. The highest BCUT2D eigenvalue weighted by molar-refractivity contribution is 5.92. The Balaban J connectivity index is 1.98. The second kappa shape index (κ2) is 7.75. The van der Waals surface area contributed by atoms with Crippen molar-refractivity contribution in [3.05, 3.63) is 57.5 Å². The number of carbonyl (C=O) groups is 1. The minimum Gasteiger partial charge on any atom is -0.376 e. The largest absolute Gasteiger partial charge is 0.418 e. The van der Waals surface area contributed by atoms with Crippen molar-refractivity contribution in [2.24, 2.45) is 0 Å². The van der Waals surface area contributed by atoms with Crippen molar-refractivity contribution in [3.8, 4) is 5.69 Å². The van der Waals surface area contributed by atoms with Gasteiger partial charge in [-0.2, -0.15) is 18.3 Å². The smallest absolute Gasteiger partial charge is 0.376 e. The summed E-state index contributed by atoms with van der Waals surface area (Å²) in [5.41, 5.74) is -2.10. The molecule has 28 heavy (non-hydrogen) atoms. The van der Waals surface area contributed by atoms with E-state index in [9.17, 15) is 22.8 Å². The van der Waals surface area contributed by atoms with Crippen LogP contribution in [0.3, 0.4) is 0 Å². The van der Waals surface area contributed by atoms with Crippen LogP contribution in [0.25, 0.3) is 5.69 Å². The normalized spacial score (nSPS) is 18.1. The minimum absolute atomic E-state index is 0.164. The first kappa shape index (κ1) is 20.1. The molecule has 1 aliphatic rings. The molecule has 1 aromatic carbocycles. The molecule has 9 heteroatoms. The molecule has 2 unspecified atom stereocenters. The van der Waals surface area contributed by atoms with Gasteiger partial charge < -0.3 is 10.1 Å². The number of aryl methyl sites for hydroxylation is 1. The fourth-order valence-electron chi connectivity index (χ4n) is 3.21. The maximum Gasteiger partial charge on any atom is 0.418 e. The van der Waals surface area contributed by atoms with E-state index in [1.165, 1.54) is 25.1 Å². The topological polar surface area (TPSA) is 73.2 Å². The van der Waals surface area contributed by atoms with E-state index in [1.54, 1.807) is 6.92 Å².